The van der Waals surface area contributed by atoms with E-state index in [1.54, 1.807) is 19.2 Å². The number of rotatable bonds is 6. The van der Waals surface area contributed by atoms with Crippen molar-refractivity contribution in [1.29, 1.82) is 0 Å². The number of benzene rings is 1. The Labute approximate surface area is 227 Å². The second kappa shape index (κ2) is 9.21. The summed E-state index contributed by atoms with van der Waals surface area (Å²) in [6.45, 7) is 4.53. The maximum Gasteiger partial charge on any atom is 0.344 e. The minimum Gasteiger partial charge on any atom is -0.496 e. The van der Waals surface area contributed by atoms with Crippen LogP contribution in [0.25, 0.3) is 0 Å². The molecule has 2 N–H and O–H groups in total. The second-order valence-corrected chi connectivity index (χ2v) is 10.9. The van der Waals surface area contributed by atoms with Gasteiger partial charge in [0.05, 0.1) is 27.4 Å². The monoisotopic (exact) mass is 544 g/mol. The van der Waals surface area contributed by atoms with Gasteiger partial charge in [-0.2, -0.15) is 0 Å². The van der Waals surface area contributed by atoms with Gasteiger partial charge in [-0.25, -0.2) is 9.59 Å². The number of esters is 3. The number of methoxy groups -OCH3 is 3. The van der Waals surface area contributed by atoms with Crippen LogP contribution in [0.5, 0.6) is 5.75 Å². The molecular weight excluding hydrogens is 508 g/mol. The molecule has 1 unspecified atom stereocenters. The lowest BCUT2D eigenvalue weighted by atomic mass is 9.47. The lowest BCUT2D eigenvalue weighted by molar-refractivity contribution is -0.228. The number of likely N-dealkylation sites (N-methyl/N-ethyl adjacent to an activating group) is 1. The number of nitrogens with zero attached hydrogens (tertiary/aromatic N) is 2. The Balaban J connectivity index is 1.86. The van der Waals surface area contributed by atoms with Crippen LogP contribution in [0, 0.1) is 5.41 Å². The summed E-state index contributed by atoms with van der Waals surface area (Å²) in [5, 5.41) is 23.5. The Morgan fingerprint density at radius 1 is 1.15 bits per heavy atom. The van der Waals surface area contributed by atoms with Crippen LogP contribution in [0.4, 0.5) is 5.69 Å². The average Bonchev–Trinajstić information content (AvgIpc) is 3.44. The van der Waals surface area contributed by atoms with Crippen LogP contribution in [0.15, 0.2) is 24.3 Å². The molecule has 3 aliphatic heterocycles. The molecule has 0 radical (unpaired) electrons. The molecule has 1 spiro atoms. The van der Waals surface area contributed by atoms with Crippen LogP contribution < -0.4 is 9.64 Å². The predicted molar refractivity (Wildman–Crippen MR) is 138 cm³/mol. The summed E-state index contributed by atoms with van der Waals surface area (Å²) in [4.78, 5) is 42.7. The van der Waals surface area contributed by atoms with E-state index < -0.39 is 52.6 Å². The van der Waals surface area contributed by atoms with Crippen molar-refractivity contribution >= 4 is 23.6 Å². The van der Waals surface area contributed by atoms with Crippen LogP contribution in [0.1, 0.15) is 43.9 Å². The van der Waals surface area contributed by atoms with Crippen LogP contribution >= 0.6 is 0 Å². The fourth-order valence-corrected chi connectivity index (χ4v) is 8.23. The number of aliphatic hydroxyl groups is 2. The van der Waals surface area contributed by atoms with Gasteiger partial charge in [0.1, 0.15) is 5.75 Å². The summed E-state index contributed by atoms with van der Waals surface area (Å²) >= 11 is 0. The first-order valence-electron chi connectivity index (χ1n) is 13.1. The molecule has 3 heterocycles. The van der Waals surface area contributed by atoms with E-state index in [9.17, 15) is 24.6 Å². The van der Waals surface area contributed by atoms with Crippen LogP contribution in [-0.4, -0.2) is 98.3 Å². The number of hydrogen-bond acceptors (Lipinski definition) is 11. The summed E-state index contributed by atoms with van der Waals surface area (Å²) in [6.07, 6.45) is 2.16. The highest BCUT2D eigenvalue weighted by Gasteiger charge is 2.80. The van der Waals surface area contributed by atoms with Gasteiger partial charge in [0, 0.05) is 54.7 Å². The number of carbonyl (C=O) groups is 3. The van der Waals surface area contributed by atoms with Crippen LogP contribution in [0.3, 0.4) is 0 Å². The number of fused-ring (bicyclic) bond motifs is 1. The van der Waals surface area contributed by atoms with E-state index in [0.29, 0.717) is 31.6 Å². The smallest absolute Gasteiger partial charge is 0.344 e. The molecule has 11 heteroatoms. The number of hydrogen-bond donors (Lipinski definition) is 2. The van der Waals surface area contributed by atoms with Crippen molar-refractivity contribution in [1.82, 2.24) is 4.90 Å². The molecule has 1 aromatic rings. The zero-order valence-electron chi connectivity index (χ0n) is 23.1. The molecule has 1 aromatic carbocycles. The zero-order chi connectivity index (χ0) is 28.5. The lowest BCUT2D eigenvalue weighted by Crippen LogP contribution is -2.81. The van der Waals surface area contributed by atoms with Crippen molar-refractivity contribution in [3.8, 4) is 5.75 Å². The molecule has 4 aliphatic rings. The van der Waals surface area contributed by atoms with Crippen molar-refractivity contribution in [2.75, 3.05) is 46.4 Å². The summed E-state index contributed by atoms with van der Waals surface area (Å²) in [6, 6.07) is 2.27. The highest BCUT2D eigenvalue weighted by molar-refractivity contribution is 5.87. The van der Waals surface area contributed by atoms with Gasteiger partial charge >= 0.3 is 17.9 Å². The van der Waals surface area contributed by atoms with Crippen molar-refractivity contribution in [3.63, 3.8) is 0 Å². The molecule has 0 amide bonds. The Hall–Kier alpha value is -3.15. The van der Waals surface area contributed by atoms with Crippen molar-refractivity contribution in [2.45, 2.75) is 62.0 Å². The minimum absolute atomic E-state index is 0.224. The molecule has 11 nitrogen and oxygen atoms in total. The largest absolute Gasteiger partial charge is 0.496 e. The Morgan fingerprint density at radius 3 is 2.46 bits per heavy atom. The average molecular weight is 545 g/mol. The van der Waals surface area contributed by atoms with Gasteiger partial charge < -0.3 is 34.1 Å². The van der Waals surface area contributed by atoms with E-state index in [4.69, 9.17) is 18.9 Å². The standard InChI is InChI=1S/C28H36N2O9/c1-7-26-9-8-11-30-12-10-27(22(26)30)17-13-16(20(32)21(33)37-5)19(36-4)14-18(17)29(3)23(27)28(35,25(34)38-6)24(26)39-15(2)31/h8-9,13-14,20,22-24,32,35H,7,10-12H2,1-6H3/t20?,22-,23+,24+,26+,27+,28-/m0/s1. The zero-order valence-corrected chi connectivity index (χ0v) is 23.1. The predicted octanol–water partition coefficient (Wildman–Crippen LogP) is 0.848. The van der Waals surface area contributed by atoms with Crippen LogP contribution in [0.2, 0.25) is 0 Å². The fraction of sp³-hybridized carbons (Fsp3) is 0.607. The molecule has 39 heavy (non-hydrogen) atoms. The maximum absolute atomic E-state index is 13.7. The third-order valence-electron chi connectivity index (χ3n) is 9.48. The highest BCUT2D eigenvalue weighted by Crippen LogP contribution is 2.67. The third-order valence-corrected chi connectivity index (χ3v) is 9.48. The van der Waals surface area contributed by atoms with E-state index in [2.05, 4.69) is 4.90 Å². The quantitative estimate of drug-likeness (QED) is 0.300. The first-order chi connectivity index (χ1) is 18.5. The van der Waals surface area contributed by atoms with E-state index in [-0.39, 0.29) is 17.4 Å². The maximum atomic E-state index is 13.7. The number of carbonyl (C=O) groups excluding carboxylic acids is 3. The van der Waals surface area contributed by atoms with Gasteiger partial charge in [-0.05, 0) is 31.0 Å². The minimum atomic E-state index is -2.26. The molecule has 7 atom stereocenters. The van der Waals surface area contributed by atoms with Crippen molar-refractivity contribution < 1.29 is 43.5 Å². The molecule has 212 valence electrons. The van der Waals surface area contributed by atoms with Crippen molar-refractivity contribution in [2.24, 2.45) is 5.41 Å². The summed E-state index contributed by atoms with van der Waals surface area (Å²) < 4.78 is 21.5. The van der Waals surface area contributed by atoms with E-state index >= 15 is 0 Å². The number of aliphatic hydroxyl groups excluding tert-OH is 1. The first kappa shape index (κ1) is 27.4. The number of ether oxygens (including phenoxy) is 4. The molecule has 0 aromatic heterocycles. The van der Waals surface area contributed by atoms with Crippen LogP contribution in [-0.2, 0) is 34.0 Å². The molecule has 2 fully saturated rings. The fourth-order valence-electron chi connectivity index (χ4n) is 8.23. The third kappa shape index (κ3) is 3.29. The summed E-state index contributed by atoms with van der Waals surface area (Å²) in [5.41, 5.74) is -2.40. The Morgan fingerprint density at radius 2 is 1.87 bits per heavy atom. The Kier molecular flexibility index (Phi) is 6.47. The Bertz CT molecular complexity index is 1250. The van der Waals surface area contributed by atoms with E-state index in [1.165, 1.54) is 28.3 Å². The second-order valence-electron chi connectivity index (χ2n) is 10.9. The molecule has 1 saturated carbocycles. The SMILES string of the molecule is CC[C@]12C=CCN3CC[C@@]4(c5cc(C(O)C(=O)OC)c(OC)cc5N(C)[C@H]4[C@@](O)(C(=O)OC)[C@@H]1OC(C)=O)[C@@H]32. The molecule has 0 bridgehead atoms. The van der Waals surface area contributed by atoms with E-state index in [0.717, 1.165) is 5.56 Å². The first-order valence-corrected chi connectivity index (χ1v) is 13.1. The van der Waals surface area contributed by atoms with Gasteiger partial charge in [-0.3, -0.25) is 9.69 Å². The lowest BCUT2D eigenvalue weighted by Gasteiger charge is -2.63. The highest BCUT2D eigenvalue weighted by atomic mass is 16.6. The van der Waals surface area contributed by atoms with E-state index in [1.807, 2.05) is 24.0 Å². The molecular formula is C28H36N2O9. The number of anilines is 1. The molecule has 1 aliphatic carbocycles. The van der Waals surface area contributed by atoms with Gasteiger partial charge in [-0.1, -0.05) is 19.1 Å². The normalized spacial score (nSPS) is 35.0. The van der Waals surface area contributed by atoms with Gasteiger partial charge in [0.15, 0.2) is 12.2 Å². The summed E-state index contributed by atoms with van der Waals surface area (Å²) in [5.74, 6) is -2.10. The molecule has 5 rings (SSSR count). The van der Waals surface area contributed by atoms with Crippen molar-refractivity contribution in [3.05, 3.63) is 35.4 Å². The van der Waals surface area contributed by atoms with Gasteiger partial charge in [-0.15, -0.1) is 0 Å². The summed E-state index contributed by atoms with van der Waals surface area (Å²) in [7, 11) is 5.60. The molecule has 1 saturated heterocycles. The van der Waals surface area contributed by atoms with Gasteiger partial charge in [0.2, 0.25) is 5.60 Å². The van der Waals surface area contributed by atoms with Gasteiger partial charge in [0.25, 0.3) is 0 Å². The topological polar surface area (TPSA) is 135 Å².